The maximum Gasteiger partial charge on any atom is 0.275 e. The fourth-order valence-corrected chi connectivity index (χ4v) is 5.02. The average Bonchev–Trinajstić information content (AvgIpc) is 3.27. The summed E-state index contributed by atoms with van der Waals surface area (Å²) in [6.07, 6.45) is 6.23. The van der Waals surface area contributed by atoms with Crippen LogP contribution in [0.4, 0.5) is 0 Å². The number of nitrogens with one attached hydrogen (secondary N) is 2. The van der Waals surface area contributed by atoms with Crippen molar-refractivity contribution >= 4 is 24.2 Å². The molecule has 3 aromatic rings. The molecule has 0 unspecified atom stereocenters. The molecule has 0 aromatic heterocycles. The molecule has 0 heterocycles. The number of methoxy groups -OCH3 is 2. The van der Waals surface area contributed by atoms with E-state index in [-0.39, 0.29) is 11.8 Å². The van der Waals surface area contributed by atoms with Gasteiger partial charge in [0.1, 0.15) is 11.5 Å². The lowest BCUT2D eigenvalue weighted by Crippen LogP contribution is -2.19. The summed E-state index contributed by atoms with van der Waals surface area (Å²) in [7, 11) is 3.27. The molecule has 0 aliphatic carbocycles. The average molecular weight is 839 g/mol. The Morgan fingerprint density at radius 3 is 1.12 bits per heavy atom. The molecule has 0 radical (unpaired) electrons. The van der Waals surface area contributed by atoms with Crippen molar-refractivity contribution in [1.29, 1.82) is 0 Å². The summed E-state index contributed by atoms with van der Waals surface area (Å²) in [6.45, 7) is 8.47. The number of benzene rings is 3. The zero-order valence-corrected chi connectivity index (χ0v) is 35.0. The lowest BCUT2D eigenvalue weighted by Gasteiger charge is -2.11. The second kappa shape index (κ2) is 34.0. The Bertz CT molecular complexity index is 1510. The van der Waals surface area contributed by atoms with E-state index in [9.17, 15) is 9.59 Å². The highest BCUT2D eigenvalue weighted by atomic mass is 16.6. The number of unbranched alkanes of at least 4 members (excludes halogenated alkanes) is 2. The Labute approximate surface area is 353 Å². The largest absolute Gasteiger partial charge is 0.493 e. The molecule has 0 spiro atoms. The first-order valence-electron chi connectivity index (χ1n) is 20.3. The lowest BCUT2D eigenvalue weighted by molar-refractivity contribution is 0.00304. The molecule has 0 aliphatic rings. The quantitative estimate of drug-likeness (QED) is 0.0460. The fraction of sp³-hybridized carbons (Fsp3) is 0.500. The van der Waals surface area contributed by atoms with E-state index in [4.69, 9.17) is 47.4 Å². The van der Waals surface area contributed by atoms with Crippen LogP contribution in [0.5, 0.6) is 11.5 Å². The van der Waals surface area contributed by atoms with Gasteiger partial charge in [-0.1, -0.05) is 48.5 Å². The van der Waals surface area contributed by atoms with Crippen LogP contribution >= 0.6 is 0 Å². The van der Waals surface area contributed by atoms with E-state index >= 15 is 0 Å². The molecule has 60 heavy (non-hydrogen) atoms. The van der Waals surface area contributed by atoms with E-state index in [1.165, 1.54) is 12.4 Å². The summed E-state index contributed by atoms with van der Waals surface area (Å²) in [6, 6.07) is 21.3. The van der Waals surface area contributed by atoms with Gasteiger partial charge in [-0.05, 0) is 61.1 Å². The van der Waals surface area contributed by atoms with E-state index in [0.717, 1.165) is 36.8 Å². The number of amides is 2. The summed E-state index contributed by atoms with van der Waals surface area (Å²) in [4.78, 5) is 25.8. The van der Waals surface area contributed by atoms with Gasteiger partial charge in [0.2, 0.25) is 0 Å². The summed E-state index contributed by atoms with van der Waals surface area (Å²) in [5.74, 6) is 0.178. The minimum Gasteiger partial charge on any atom is -0.493 e. The van der Waals surface area contributed by atoms with Gasteiger partial charge in [-0.3, -0.25) is 9.59 Å². The molecule has 0 aliphatic heterocycles. The fourth-order valence-electron chi connectivity index (χ4n) is 5.02. The van der Waals surface area contributed by atoms with Gasteiger partial charge in [-0.15, -0.1) is 0 Å². The van der Waals surface area contributed by atoms with Crippen molar-refractivity contribution in [2.45, 2.75) is 25.7 Å². The number of ether oxygens (including phenoxy) is 10. The smallest absolute Gasteiger partial charge is 0.275 e. The van der Waals surface area contributed by atoms with Crippen molar-refractivity contribution in [3.8, 4) is 11.5 Å². The topological polar surface area (TPSA) is 175 Å². The number of hydrogen-bond donors (Lipinski definition) is 2. The Hall–Kier alpha value is -4.78. The second-order valence-corrected chi connectivity index (χ2v) is 12.8. The summed E-state index contributed by atoms with van der Waals surface area (Å²) in [5.41, 5.74) is 7.40. The van der Waals surface area contributed by atoms with Gasteiger partial charge in [0.25, 0.3) is 11.8 Å². The van der Waals surface area contributed by atoms with Gasteiger partial charge in [0.15, 0.2) is 0 Å². The second-order valence-electron chi connectivity index (χ2n) is 12.8. The Morgan fingerprint density at radius 2 is 0.750 bits per heavy atom. The van der Waals surface area contributed by atoms with E-state index in [0.29, 0.717) is 128 Å². The Morgan fingerprint density at radius 1 is 0.433 bits per heavy atom. The van der Waals surface area contributed by atoms with Crippen LogP contribution < -0.4 is 20.3 Å². The SMILES string of the molecule is COCCOCCOCCOCCCCOc1ccccc1C(=O)N/N=C/c1ccc(/C=N/NC(=O)c2ccccc2OCCCCOCCOCCOCCOC)cc1. The van der Waals surface area contributed by atoms with Gasteiger partial charge < -0.3 is 47.4 Å². The first-order chi connectivity index (χ1) is 29.6. The van der Waals surface area contributed by atoms with E-state index in [1.54, 1.807) is 50.6 Å². The number of nitrogens with zero attached hydrogens (tertiary/aromatic N) is 2. The minimum atomic E-state index is -0.389. The third-order valence-corrected chi connectivity index (χ3v) is 8.19. The van der Waals surface area contributed by atoms with Gasteiger partial charge in [0, 0.05) is 27.4 Å². The molecule has 0 fully saturated rings. The standard InChI is InChI=1S/C44H62N4O12/c1-51-23-25-55-31-33-57-29-27-53-19-7-9-21-59-41-13-5-3-11-39(41)43(49)47-45-35-37-15-17-38(18-16-37)36-46-48-44(50)40-12-4-6-14-42(40)60-22-10-8-20-54-28-30-58-34-32-56-26-24-52-2/h3-6,11-18,35-36H,7-10,19-34H2,1-2H3,(H,47,49)(H,48,50)/b45-35+,46-36+. The highest BCUT2D eigenvalue weighted by Crippen LogP contribution is 2.19. The minimum absolute atomic E-state index is 0.382. The van der Waals surface area contributed by atoms with Crippen LogP contribution in [-0.4, -0.2) is 144 Å². The molecule has 2 N–H and O–H groups in total. The van der Waals surface area contributed by atoms with Crippen molar-refractivity contribution in [3.05, 3.63) is 95.1 Å². The Balaban J connectivity index is 1.28. The zero-order chi connectivity index (χ0) is 42.6. The third-order valence-electron chi connectivity index (χ3n) is 8.19. The van der Waals surface area contributed by atoms with E-state index in [1.807, 2.05) is 36.4 Å². The molecule has 3 rings (SSSR count). The first-order valence-corrected chi connectivity index (χ1v) is 20.3. The molecule has 0 saturated carbocycles. The van der Waals surface area contributed by atoms with Gasteiger partial charge in [-0.25, -0.2) is 10.9 Å². The number of hydrogen-bond acceptors (Lipinski definition) is 14. The predicted molar refractivity (Wildman–Crippen MR) is 228 cm³/mol. The van der Waals surface area contributed by atoms with Crippen LogP contribution in [0.15, 0.2) is 83.0 Å². The monoisotopic (exact) mass is 838 g/mol. The highest BCUT2D eigenvalue weighted by molar-refractivity contribution is 5.98. The molecule has 2 amide bonds. The number of para-hydroxylation sites is 2. The number of carbonyl (C=O) groups is 2. The first kappa shape index (κ1) is 49.6. The van der Waals surface area contributed by atoms with Crippen LogP contribution in [0.2, 0.25) is 0 Å². The van der Waals surface area contributed by atoms with Crippen molar-refractivity contribution < 1.29 is 57.0 Å². The number of rotatable bonds is 36. The number of carbonyl (C=O) groups excluding carboxylic acids is 2. The molecular formula is C44H62N4O12. The molecule has 0 atom stereocenters. The Kier molecular flexibility index (Phi) is 28.1. The lowest BCUT2D eigenvalue weighted by atomic mass is 10.1. The molecule has 16 heteroatoms. The van der Waals surface area contributed by atoms with Gasteiger partial charge in [0.05, 0.1) is 116 Å². The van der Waals surface area contributed by atoms with E-state index < -0.39 is 0 Å². The van der Waals surface area contributed by atoms with Gasteiger partial charge >= 0.3 is 0 Å². The molecular weight excluding hydrogens is 776 g/mol. The maximum atomic E-state index is 12.9. The van der Waals surface area contributed by atoms with Crippen molar-refractivity contribution in [2.75, 3.05) is 120 Å². The molecule has 0 bridgehead atoms. The van der Waals surface area contributed by atoms with Crippen molar-refractivity contribution in [1.82, 2.24) is 10.9 Å². The summed E-state index contributed by atoms with van der Waals surface area (Å²) < 4.78 is 54.4. The summed E-state index contributed by atoms with van der Waals surface area (Å²) >= 11 is 0. The van der Waals surface area contributed by atoms with Crippen molar-refractivity contribution in [3.63, 3.8) is 0 Å². The van der Waals surface area contributed by atoms with Crippen LogP contribution in [0.1, 0.15) is 57.5 Å². The molecule has 0 saturated heterocycles. The van der Waals surface area contributed by atoms with Crippen molar-refractivity contribution in [2.24, 2.45) is 10.2 Å². The highest BCUT2D eigenvalue weighted by Gasteiger charge is 2.12. The zero-order valence-electron chi connectivity index (χ0n) is 35.0. The summed E-state index contributed by atoms with van der Waals surface area (Å²) in [5, 5.41) is 8.22. The molecule has 16 nitrogen and oxygen atoms in total. The van der Waals surface area contributed by atoms with Crippen LogP contribution in [0, 0.1) is 0 Å². The normalized spacial score (nSPS) is 11.4. The molecule has 330 valence electrons. The van der Waals surface area contributed by atoms with Gasteiger partial charge in [-0.2, -0.15) is 10.2 Å². The maximum absolute atomic E-state index is 12.9. The predicted octanol–water partition coefficient (Wildman–Crippen LogP) is 4.92. The van der Waals surface area contributed by atoms with Crippen LogP contribution in [-0.2, 0) is 37.9 Å². The van der Waals surface area contributed by atoms with Crippen LogP contribution in [0.25, 0.3) is 0 Å². The number of hydrazone groups is 2. The molecule has 3 aromatic carbocycles. The van der Waals surface area contributed by atoms with Crippen LogP contribution in [0.3, 0.4) is 0 Å². The van der Waals surface area contributed by atoms with E-state index in [2.05, 4.69) is 21.1 Å². The third kappa shape index (κ3) is 23.1.